The van der Waals surface area contributed by atoms with Crippen LogP contribution in [0.5, 0.6) is 5.75 Å². The highest BCUT2D eigenvalue weighted by atomic mass is 19.4. The van der Waals surface area contributed by atoms with Crippen molar-refractivity contribution < 1.29 is 31.1 Å². The van der Waals surface area contributed by atoms with Crippen LogP contribution >= 0.6 is 0 Å². The molecule has 0 aliphatic rings. The number of hydrogen-bond acceptors (Lipinski definition) is 1. The molecule has 0 radical (unpaired) electrons. The Morgan fingerprint density at radius 1 is 0.750 bits per heavy atom. The van der Waals surface area contributed by atoms with Crippen LogP contribution in [0.15, 0.2) is 36.4 Å². The molecule has 0 unspecified atom stereocenters. The Labute approximate surface area is 109 Å². The molecule has 0 bridgehead atoms. The van der Waals surface area contributed by atoms with Crippen LogP contribution in [0.4, 0.5) is 26.3 Å². The molecule has 0 amide bonds. The lowest BCUT2D eigenvalue weighted by Crippen LogP contribution is -2.19. The van der Waals surface area contributed by atoms with Crippen LogP contribution in [0, 0.1) is 17.5 Å². The van der Waals surface area contributed by atoms with Crippen molar-refractivity contribution in [3.8, 4) is 16.9 Å². The van der Waals surface area contributed by atoms with Crippen molar-refractivity contribution >= 4 is 0 Å². The molecule has 7 heteroatoms. The van der Waals surface area contributed by atoms with Crippen LogP contribution in [0.2, 0.25) is 0 Å². The Hall–Kier alpha value is -2.18. The van der Waals surface area contributed by atoms with E-state index in [1.165, 1.54) is 12.1 Å². The first-order chi connectivity index (χ1) is 9.26. The maximum absolute atomic E-state index is 13.5. The molecule has 0 aliphatic heterocycles. The molecule has 0 aliphatic carbocycles. The highest BCUT2D eigenvalue weighted by Gasteiger charge is 2.34. The van der Waals surface area contributed by atoms with Crippen molar-refractivity contribution in [1.29, 1.82) is 0 Å². The predicted molar refractivity (Wildman–Crippen MR) is 58.4 cm³/mol. The van der Waals surface area contributed by atoms with Crippen molar-refractivity contribution in [2.45, 2.75) is 6.36 Å². The van der Waals surface area contributed by atoms with Gasteiger partial charge in [-0.15, -0.1) is 13.2 Å². The van der Waals surface area contributed by atoms with Crippen molar-refractivity contribution in [3.05, 3.63) is 53.8 Å². The number of ether oxygens (including phenoxy) is 1. The van der Waals surface area contributed by atoms with Crippen LogP contribution < -0.4 is 4.74 Å². The van der Waals surface area contributed by atoms with Crippen molar-refractivity contribution in [2.24, 2.45) is 0 Å². The molecule has 0 saturated heterocycles. The standard InChI is InChI=1S/C13H6F6O/c14-9-3-1-7(2-4-9)8-5-10(15)12(11(16)6-8)20-13(17,18)19/h1-6H. The number of halogens is 6. The van der Waals surface area contributed by atoms with E-state index in [9.17, 15) is 26.3 Å². The molecule has 0 heterocycles. The number of rotatable bonds is 2. The summed E-state index contributed by atoms with van der Waals surface area (Å²) in [6, 6.07) is 5.97. The molecule has 20 heavy (non-hydrogen) atoms. The van der Waals surface area contributed by atoms with Gasteiger partial charge in [-0.3, -0.25) is 0 Å². The van der Waals surface area contributed by atoms with Gasteiger partial charge in [0.25, 0.3) is 0 Å². The zero-order valence-electron chi connectivity index (χ0n) is 9.64. The van der Waals surface area contributed by atoms with Gasteiger partial charge in [0.1, 0.15) is 5.82 Å². The lowest BCUT2D eigenvalue weighted by molar-refractivity contribution is -0.276. The Morgan fingerprint density at radius 3 is 1.70 bits per heavy atom. The van der Waals surface area contributed by atoms with Crippen LogP contribution in [-0.2, 0) is 0 Å². The highest BCUT2D eigenvalue weighted by Crippen LogP contribution is 2.32. The first kappa shape index (κ1) is 14.2. The fraction of sp³-hybridized carbons (Fsp3) is 0.0769. The summed E-state index contributed by atoms with van der Waals surface area (Å²) in [5, 5.41) is 0. The van der Waals surface area contributed by atoms with E-state index >= 15 is 0 Å². The van der Waals surface area contributed by atoms with Crippen LogP contribution in [-0.4, -0.2) is 6.36 Å². The molecular formula is C13H6F6O. The maximum atomic E-state index is 13.5. The summed E-state index contributed by atoms with van der Waals surface area (Å²) >= 11 is 0. The molecule has 0 atom stereocenters. The fourth-order valence-corrected chi connectivity index (χ4v) is 1.58. The predicted octanol–water partition coefficient (Wildman–Crippen LogP) is 4.67. The smallest absolute Gasteiger partial charge is 0.399 e. The minimum absolute atomic E-state index is 0.0328. The van der Waals surface area contributed by atoms with Crippen molar-refractivity contribution in [1.82, 2.24) is 0 Å². The number of hydrogen-bond donors (Lipinski definition) is 0. The third-order valence-corrected chi connectivity index (χ3v) is 2.39. The van der Waals surface area contributed by atoms with E-state index < -0.39 is 29.6 Å². The van der Waals surface area contributed by atoms with Gasteiger partial charge in [0.05, 0.1) is 0 Å². The van der Waals surface area contributed by atoms with E-state index in [0.29, 0.717) is 12.1 Å². The van der Waals surface area contributed by atoms with Crippen LogP contribution in [0.3, 0.4) is 0 Å². The molecule has 0 saturated carbocycles. The van der Waals surface area contributed by atoms with Gasteiger partial charge in [-0.25, -0.2) is 13.2 Å². The van der Waals surface area contributed by atoms with Gasteiger partial charge in [-0.05, 0) is 35.4 Å². The number of benzene rings is 2. The third-order valence-electron chi connectivity index (χ3n) is 2.39. The van der Waals surface area contributed by atoms with Crippen molar-refractivity contribution in [3.63, 3.8) is 0 Å². The SMILES string of the molecule is Fc1ccc(-c2cc(F)c(OC(F)(F)F)c(F)c2)cc1. The van der Waals surface area contributed by atoms with Gasteiger partial charge in [0.2, 0.25) is 5.75 Å². The Morgan fingerprint density at radius 2 is 1.25 bits per heavy atom. The molecule has 0 aromatic heterocycles. The van der Waals surface area contributed by atoms with E-state index in [4.69, 9.17) is 0 Å². The summed E-state index contributed by atoms with van der Waals surface area (Å²) in [4.78, 5) is 0. The lowest BCUT2D eigenvalue weighted by atomic mass is 10.1. The van der Waals surface area contributed by atoms with Gasteiger partial charge < -0.3 is 4.74 Å². The lowest BCUT2D eigenvalue weighted by Gasteiger charge is -2.12. The molecule has 2 rings (SSSR count). The van der Waals surface area contributed by atoms with Gasteiger partial charge in [0.15, 0.2) is 11.6 Å². The monoisotopic (exact) mass is 292 g/mol. The third kappa shape index (κ3) is 3.23. The largest absolute Gasteiger partial charge is 0.573 e. The van der Waals surface area contributed by atoms with Gasteiger partial charge in [0, 0.05) is 0 Å². The molecule has 2 aromatic rings. The summed E-state index contributed by atoms with van der Waals surface area (Å²) in [7, 11) is 0. The second kappa shape index (κ2) is 5.07. The second-order valence-corrected chi connectivity index (χ2v) is 3.82. The molecule has 0 fully saturated rings. The topological polar surface area (TPSA) is 9.23 Å². The average molecular weight is 292 g/mol. The number of alkyl halides is 3. The molecule has 106 valence electrons. The van der Waals surface area contributed by atoms with E-state index in [2.05, 4.69) is 4.74 Å². The zero-order valence-corrected chi connectivity index (χ0v) is 9.64. The summed E-state index contributed by atoms with van der Waals surface area (Å²) in [5.41, 5.74) is 0.220. The summed E-state index contributed by atoms with van der Waals surface area (Å²) in [5.74, 6) is -5.07. The van der Waals surface area contributed by atoms with Crippen LogP contribution in [0.1, 0.15) is 0 Å². The summed E-state index contributed by atoms with van der Waals surface area (Å²) in [6.07, 6.45) is -5.20. The Bertz CT molecular complexity index is 595. The molecule has 0 N–H and O–H groups in total. The zero-order chi connectivity index (χ0) is 14.9. The molecular weight excluding hydrogens is 286 g/mol. The van der Waals surface area contributed by atoms with E-state index in [-0.39, 0.29) is 11.1 Å². The minimum Gasteiger partial charge on any atom is -0.399 e. The van der Waals surface area contributed by atoms with Gasteiger partial charge in [-0.1, -0.05) is 12.1 Å². The van der Waals surface area contributed by atoms with Crippen molar-refractivity contribution in [2.75, 3.05) is 0 Å². The van der Waals surface area contributed by atoms with Gasteiger partial charge in [-0.2, -0.15) is 0 Å². The van der Waals surface area contributed by atoms with Gasteiger partial charge >= 0.3 is 6.36 Å². The summed E-state index contributed by atoms with van der Waals surface area (Å²) in [6.45, 7) is 0. The second-order valence-electron chi connectivity index (χ2n) is 3.82. The fourth-order valence-electron chi connectivity index (χ4n) is 1.58. The quantitative estimate of drug-likeness (QED) is 0.731. The highest BCUT2D eigenvalue weighted by molar-refractivity contribution is 5.64. The average Bonchev–Trinajstić information content (AvgIpc) is 2.33. The summed E-state index contributed by atoms with van der Waals surface area (Å²) < 4.78 is 78.8. The minimum atomic E-state index is -5.20. The maximum Gasteiger partial charge on any atom is 0.573 e. The molecule has 1 nitrogen and oxygen atoms in total. The first-order valence-electron chi connectivity index (χ1n) is 5.27. The Kier molecular flexibility index (Phi) is 3.61. The van der Waals surface area contributed by atoms with E-state index in [1.54, 1.807) is 0 Å². The molecule has 0 spiro atoms. The Balaban J connectivity index is 2.42. The van der Waals surface area contributed by atoms with Crippen LogP contribution in [0.25, 0.3) is 11.1 Å². The molecule has 2 aromatic carbocycles. The van der Waals surface area contributed by atoms with E-state index in [0.717, 1.165) is 12.1 Å². The first-order valence-corrected chi connectivity index (χ1v) is 5.27. The normalized spacial score (nSPS) is 11.5. The van der Waals surface area contributed by atoms with E-state index in [1.807, 2.05) is 0 Å².